The van der Waals surface area contributed by atoms with Crippen LogP contribution in [0, 0.1) is 0 Å². The minimum Gasteiger partial charge on any atom is -0.326 e. The molecular weight excluding hydrogens is 212 g/mol. The Morgan fingerprint density at radius 1 is 1.47 bits per heavy atom. The van der Waals surface area contributed by atoms with Gasteiger partial charge in [-0.15, -0.1) is 6.58 Å². The minimum atomic E-state index is -3.32. The van der Waals surface area contributed by atoms with Crippen molar-refractivity contribution in [1.29, 1.82) is 0 Å². The third-order valence-corrected chi connectivity index (χ3v) is 2.99. The Morgan fingerprint density at radius 3 is 2.80 bits per heavy atom. The van der Waals surface area contributed by atoms with Crippen LogP contribution in [-0.2, 0) is 16.6 Å². The van der Waals surface area contributed by atoms with Crippen molar-refractivity contribution in [3.05, 3.63) is 42.5 Å². The summed E-state index contributed by atoms with van der Waals surface area (Å²) in [5.74, 6) is -0.0974. The summed E-state index contributed by atoms with van der Waals surface area (Å²) in [7, 11) is -3.32. The molecular formula is C10H14N2O2S. The Hall–Kier alpha value is -1.33. The number of hydrogen-bond donors (Lipinski definition) is 2. The van der Waals surface area contributed by atoms with Gasteiger partial charge in [0.25, 0.3) is 0 Å². The third kappa shape index (κ3) is 3.73. The second-order valence-electron chi connectivity index (χ2n) is 3.08. The molecule has 1 aromatic rings. The molecule has 15 heavy (non-hydrogen) atoms. The quantitative estimate of drug-likeness (QED) is 0.738. The summed E-state index contributed by atoms with van der Waals surface area (Å²) in [5, 5.41) is 0. The Labute approximate surface area is 89.9 Å². The lowest BCUT2D eigenvalue weighted by molar-refractivity contribution is 0.604. The summed E-state index contributed by atoms with van der Waals surface area (Å²) in [6.45, 7) is 3.77. The van der Waals surface area contributed by atoms with E-state index in [0.29, 0.717) is 12.2 Å². The fourth-order valence-corrected chi connectivity index (χ4v) is 2.02. The highest BCUT2D eigenvalue weighted by Crippen LogP contribution is 2.11. The number of sulfonamides is 1. The summed E-state index contributed by atoms with van der Waals surface area (Å²) in [4.78, 5) is 0. The second-order valence-corrected chi connectivity index (χ2v) is 4.84. The standard InChI is InChI=1S/C10H14N2O2S/c1-2-6-15(13,14)12-10-5-3-4-9(7-10)8-11/h2-5,7,12H,1,6,8,11H2. The molecule has 1 rings (SSSR count). The maximum absolute atomic E-state index is 11.4. The van der Waals surface area contributed by atoms with Gasteiger partial charge in [0.15, 0.2) is 0 Å². The molecule has 3 N–H and O–H groups in total. The van der Waals surface area contributed by atoms with Crippen molar-refractivity contribution < 1.29 is 8.42 Å². The minimum absolute atomic E-state index is 0.0974. The molecule has 0 aliphatic rings. The summed E-state index contributed by atoms with van der Waals surface area (Å²) in [5.41, 5.74) is 6.86. The first-order valence-corrected chi connectivity index (χ1v) is 6.13. The summed E-state index contributed by atoms with van der Waals surface area (Å²) >= 11 is 0. The van der Waals surface area contributed by atoms with Crippen molar-refractivity contribution in [3.8, 4) is 0 Å². The molecule has 0 saturated carbocycles. The highest BCUT2D eigenvalue weighted by Gasteiger charge is 2.07. The van der Waals surface area contributed by atoms with Crippen LogP contribution in [-0.4, -0.2) is 14.2 Å². The van der Waals surface area contributed by atoms with E-state index in [4.69, 9.17) is 5.73 Å². The van der Waals surface area contributed by atoms with E-state index in [-0.39, 0.29) is 5.75 Å². The van der Waals surface area contributed by atoms with Crippen molar-refractivity contribution in [2.24, 2.45) is 5.73 Å². The first-order chi connectivity index (χ1) is 7.07. The maximum Gasteiger partial charge on any atom is 0.236 e. The van der Waals surface area contributed by atoms with Crippen LogP contribution in [0.5, 0.6) is 0 Å². The molecule has 0 aliphatic carbocycles. The molecule has 0 spiro atoms. The molecule has 0 atom stereocenters. The van der Waals surface area contributed by atoms with Gasteiger partial charge in [-0.05, 0) is 17.7 Å². The van der Waals surface area contributed by atoms with E-state index in [2.05, 4.69) is 11.3 Å². The largest absolute Gasteiger partial charge is 0.326 e. The summed E-state index contributed by atoms with van der Waals surface area (Å²) in [6.07, 6.45) is 1.34. The SMILES string of the molecule is C=CCS(=O)(=O)Nc1cccc(CN)c1. The van der Waals surface area contributed by atoms with Gasteiger partial charge >= 0.3 is 0 Å². The molecule has 0 heterocycles. The van der Waals surface area contributed by atoms with E-state index in [1.807, 2.05) is 6.07 Å². The van der Waals surface area contributed by atoms with E-state index in [9.17, 15) is 8.42 Å². The number of nitrogens with one attached hydrogen (secondary N) is 1. The van der Waals surface area contributed by atoms with Gasteiger partial charge in [0.1, 0.15) is 0 Å². The molecule has 0 bridgehead atoms. The Bertz CT molecular complexity index is 440. The summed E-state index contributed by atoms with van der Waals surface area (Å²) in [6, 6.07) is 6.99. The Balaban J connectivity index is 2.85. The topological polar surface area (TPSA) is 72.2 Å². The van der Waals surface area contributed by atoms with E-state index in [1.54, 1.807) is 18.2 Å². The van der Waals surface area contributed by atoms with Gasteiger partial charge in [0, 0.05) is 12.2 Å². The van der Waals surface area contributed by atoms with Gasteiger partial charge < -0.3 is 5.73 Å². The fourth-order valence-electron chi connectivity index (χ4n) is 1.14. The van der Waals surface area contributed by atoms with Gasteiger partial charge in [-0.1, -0.05) is 18.2 Å². The highest BCUT2D eigenvalue weighted by molar-refractivity contribution is 7.92. The molecule has 4 nitrogen and oxygen atoms in total. The molecule has 0 aliphatic heterocycles. The highest BCUT2D eigenvalue weighted by atomic mass is 32.2. The molecule has 1 aromatic carbocycles. The van der Waals surface area contributed by atoms with Crippen molar-refractivity contribution in [2.45, 2.75) is 6.54 Å². The monoisotopic (exact) mass is 226 g/mol. The van der Waals surface area contributed by atoms with Crippen molar-refractivity contribution in [3.63, 3.8) is 0 Å². The van der Waals surface area contributed by atoms with Crippen LogP contribution in [0.3, 0.4) is 0 Å². The first-order valence-electron chi connectivity index (χ1n) is 4.48. The summed E-state index contributed by atoms with van der Waals surface area (Å²) < 4.78 is 25.2. The van der Waals surface area contributed by atoms with Crippen LogP contribution in [0.25, 0.3) is 0 Å². The molecule has 0 fully saturated rings. The van der Waals surface area contributed by atoms with Crippen LogP contribution in [0.2, 0.25) is 0 Å². The predicted octanol–water partition coefficient (Wildman–Crippen LogP) is 1.07. The zero-order chi connectivity index (χ0) is 11.3. The number of rotatable bonds is 5. The zero-order valence-electron chi connectivity index (χ0n) is 8.31. The predicted molar refractivity (Wildman–Crippen MR) is 61.9 cm³/mol. The molecule has 0 radical (unpaired) electrons. The number of hydrogen-bond acceptors (Lipinski definition) is 3. The van der Waals surface area contributed by atoms with E-state index < -0.39 is 10.0 Å². The van der Waals surface area contributed by atoms with Gasteiger partial charge in [-0.25, -0.2) is 8.42 Å². The number of benzene rings is 1. The molecule has 82 valence electrons. The van der Waals surface area contributed by atoms with Crippen molar-refractivity contribution >= 4 is 15.7 Å². The molecule has 5 heteroatoms. The van der Waals surface area contributed by atoms with Gasteiger partial charge in [-0.3, -0.25) is 4.72 Å². The molecule has 0 unspecified atom stereocenters. The molecule has 0 amide bonds. The number of nitrogens with two attached hydrogens (primary N) is 1. The van der Waals surface area contributed by atoms with Crippen LogP contribution in [0.15, 0.2) is 36.9 Å². The maximum atomic E-state index is 11.4. The second kappa shape index (κ2) is 4.95. The van der Waals surface area contributed by atoms with E-state index >= 15 is 0 Å². The Kier molecular flexibility index (Phi) is 3.88. The van der Waals surface area contributed by atoms with Crippen LogP contribution >= 0.6 is 0 Å². The van der Waals surface area contributed by atoms with Crippen molar-refractivity contribution in [1.82, 2.24) is 0 Å². The normalized spacial score (nSPS) is 11.0. The van der Waals surface area contributed by atoms with Crippen LogP contribution in [0.1, 0.15) is 5.56 Å². The van der Waals surface area contributed by atoms with E-state index in [0.717, 1.165) is 5.56 Å². The molecule has 0 aromatic heterocycles. The third-order valence-electron chi connectivity index (χ3n) is 1.77. The Morgan fingerprint density at radius 2 is 2.20 bits per heavy atom. The van der Waals surface area contributed by atoms with E-state index in [1.165, 1.54) is 6.08 Å². The lowest BCUT2D eigenvalue weighted by atomic mass is 10.2. The lowest BCUT2D eigenvalue weighted by Gasteiger charge is -2.06. The van der Waals surface area contributed by atoms with Gasteiger partial charge in [-0.2, -0.15) is 0 Å². The van der Waals surface area contributed by atoms with Crippen LogP contribution in [0.4, 0.5) is 5.69 Å². The molecule has 0 saturated heterocycles. The zero-order valence-corrected chi connectivity index (χ0v) is 9.13. The average Bonchev–Trinajstić information content (AvgIpc) is 2.17. The average molecular weight is 226 g/mol. The number of anilines is 1. The van der Waals surface area contributed by atoms with Crippen LogP contribution < -0.4 is 10.5 Å². The first kappa shape index (κ1) is 11.7. The van der Waals surface area contributed by atoms with Gasteiger partial charge in [0.05, 0.1) is 5.75 Å². The smallest absolute Gasteiger partial charge is 0.236 e. The fraction of sp³-hybridized carbons (Fsp3) is 0.200. The van der Waals surface area contributed by atoms with Crippen molar-refractivity contribution in [2.75, 3.05) is 10.5 Å². The lowest BCUT2D eigenvalue weighted by Crippen LogP contribution is -2.15. The van der Waals surface area contributed by atoms with Gasteiger partial charge in [0.2, 0.25) is 10.0 Å².